The Morgan fingerprint density at radius 1 is 1.44 bits per heavy atom. The highest BCUT2D eigenvalue weighted by molar-refractivity contribution is 5.34. The molecule has 0 bridgehead atoms. The van der Waals surface area contributed by atoms with E-state index in [0.717, 1.165) is 31.6 Å². The highest BCUT2D eigenvalue weighted by Crippen LogP contribution is 2.33. The number of aromatic nitrogens is 1. The monoisotopic (exact) mass is 252 g/mol. The van der Waals surface area contributed by atoms with E-state index in [1.807, 2.05) is 0 Å². The van der Waals surface area contributed by atoms with Crippen LogP contribution in [0.4, 0.5) is 10.2 Å². The van der Waals surface area contributed by atoms with E-state index >= 15 is 0 Å². The van der Waals surface area contributed by atoms with Gasteiger partial charge in [0.2, 0.25) is 5.95 Å². The summed E-state index contributed by atoms with van der Waals surface area (Å²) in [5, 5.41) is 13.5. The van der Waals surface area contributed by atoms with Gasteiger partial charge in [0.05, 0.1) is 5.60 Å². The average Bonchev–Trinajstić information content (AvgIpc) is 2.38. The van der Waals surface area contributed by atoms with Gasteiger partial charge in [-0.1, -0.05) is 19.4 Å². The molecule has 18 heavy (non-hydrogen) atoms. The van der Waals surface area contributed by atoms with E-state index in [0.29, 0.717) is 12.4 Å². The van der Waals surface area contributed by atoms with E-state index in [1.165, 1.54) is 12.5 Å². The van der Waals surface area contributed by atoms with Crippen molar-refractivity contribution >= 4 is 5.82 Å². The SMILES string of the molecule is CCC1CCC(O)(CNc2cccc(F)n2)CC1. The molecule has 0 atom stereocenters. The number of hydrogen-bond donors (Lipinski definition) is 2. The zero-order chi connectivity index (χ0) is 13.0. The van der Waals surface area contributed by atoms with Crippen molar-refractivity contribution in [2.45, 2.75) is 44.6 Å². The summed E-state index contributed by atoms with van der Waals surface area (Å²) in [5.74, 6) is 0.736. The predicted molar refractivity (Wildman–Crippen MR) is 69.9 cm³/mol. The lowest BCUT2D eigenvalue weighted by molar-refractivity contribution is 0.00222. The van der Waals surface area contributed by atoms with Gasteiger partial charge in [0.25, 0.3) is 0 Å². The van der Waals surface area contributed by atoms with Crippen molar-refractivity contribution in [2.24, 2.45) is 5.92 Å². The fourth-order valence-electron chi connectivity index (χ4n) is 2.56. The van der Waals surface area contributed by atoms with Crippen molar-refractivity contribution in [3.63, 3.8) is 0 Å². The Morgan fingerprint density at radius 2 is 2.17 bits per heavy atom. The highest BCUT2D eigenvalue weighted by atomic mass is 19.1. The van der Waals surface area contributed by atoms with E-state index in [4.69, 9.17) is 0 Å². The van der Waals surface area contributed by atoms with Crippen LogP contribution in [0.15, 0.2) is 18.2 Å². The summed E-state index contributed by atoms with van der Waals surface area (Å²) >= 11 is 0. The third-order valence-corrected chi connectivity index (χ3v) is 3.93. The third-order valence-electron chi connectivity index (χ3n) is 3.93. The zero-order valence-electron chi connectivity index (χ0n) is 10.8. The van der Waals surface area contributed by atoms with E-state index in [-0.39, 0.29) is 0 Å². The van der Waals surface area contributed by atoms with Gasteiger partial charge in [-0.25, -0.2) is 4.98 Å². The summed E-state index contributed by atoms with van der Waals surface area (Å²) in [4.78, 5) is 3.73. The average molecular weight is 252 g/mol. The summed E-state index contributed by atoms with van der Waals surface area (Å²) in [7, 11) is 0. The summed E-state index contributed by atoms with van der Waals surface area (Å²) < 4.78 is 12.9. The lowest BCUT2D eigenvalue weighted by Crippen LogP contribution is -2.40. The van der Waals surface area contributed by atoms with Gasteiger partial charge >= 0.3 is 0 Å². The maximum absolute atomic E-state index is 12.9. The van der Waals surface area contributed by atoms with Crippen LogP contribution >= 0.6 is 0 Å². The number of hydrogen-bond acceptors (Lipinski definition) is 3. The molecule has 1 aromatic rings. The smallest absolute Gasteiger partial charge is 0.214 e. The molecule has 100 valence electrons. The maximum atomic E-state index is 12.9. The Morgan fingerprint density at radius 3 is 2.78 bits per heavy atom. The fraction of sp³-hybridized carbons (Fsp3) is 0.643. The minimum absolute atomic E-state index is 0.444. The van der Waals surface area contributed by atoms with Crippen molar-refractivity contribution in [2.75, 3.05) is 11.9 Å². The lowest BCUT2D eigenvalue weighted by Gasteiger charge is -2.36. The number of anilines is 1. The van der Waals surface area contributed by atoms with Gasteiger partial charge in [0.15, 0.2) is 0 Å². The zero-order valence-corrected chi connectivity index (χ0v) is 10.8. The molecule has 0 aromatic carbocycles. The number of nitrogens with one attached hydrogen (secondary N) is 1. The first kappa shape index (κ1) is 13.3. The molecular weight excluding hydrogens is 231 g/mol. The van der Waals surface area contributed by atoms with Gasteiger partial charge in [-0.3, -0.25) is 0 Å². The number of rotatable bonds is 4. The van der Waals surface area contributed by atoms with Crippen LogP contribution in [-0.4, -0.2) is 22.2 Å². The number of aliphatic hydroxyl groups is 1. The van der Waals surface area contributed by atoms with Gasteiger partial charge in [-0.2, -0.15) is 4.39 Å². The predicted octanol–water partition coefficient (Wildman–Crippen LogP) is 2.96. The third kappa shape index (κ3) is 3.42. The van der Waals surface area contributed by atoms with Crippen LogP contribution in [0.5, 0.6) is 0 Å². The number of nitrogens with zero attached hydrogens (tertiary/aromatic N) is 1. The Hall–Kier alpha value is -1.16. The highest BCUT2D eigenvalue weighted by Gasteiger charge is 2.32. The molecule has 0 unspecified atom stereocenters. The van der Waals surface area contributed by atoms with Gasteiger partial charge in [-0.15, -0.1) is 0 Å². The van der Waals surface area contributed by atoms with Crippen LogP contribution in [0.1, 0.15) is 39.0 Å². The molecule has 1 heterocycles. The summed E-state index contributed by atoms with van der Waals surface area (Å²) in [5.41, 5.74) is -0.667. The van der Waals surface area contributed by atoms with E-state index in [9.17, 15) is 9.50 Å². The van der Waals surface area contributed by atoms with Gasteiger partial charge in [0, 0.05) is 6.54 Å². The lowest BCUT2D eigenvalue weighted by atomic mass is 9.78. The van der Waals surface area contributed by atoms with Crippen molar-refractivity contribution in [1.29, 1.82) is 0 Å². The van der Waals surface area contributed by atoms with Gasteiger partial charge in [0.1, 0.15) is 5.82 Å². The number of halogens is 1. The molecule has 0 spiro atoms. The van der Waals surface area contributed by atoms with Crippen LogP contribution in [0.25, 0.3) is 0 Å². The van der Waals surface area contributed by atoms with Crippen LogP contribution in [0.2, 0.25) is 0 Å². The Bertz CT molecular complexity index is 389. The van der Waals surface area contributed by atoms with E-state index in [2.05, 4.69) is 17.2 Å². The summed E-state index contributed by atoms with van der Waals surface area (Å²) in [6, 6.07) is 4.64. The normalized spacial score (nSPS) is 28.1. The molecule has 0 saturated heterocycles. The second-order valence-electron chi connectivity index (χ2n) is 5.28. The minimum Gasteiger partial charge on any atom is -0.388 e. The standard InChI is InChI=1S/C14H21FN2O/c1-2-11-6-8-14(18,9-7-11)10-16-13-5-3-4-12(15)17-13/h3-5,11,18H,2,6-10H2,1H3,(H,16,17). The van der Waals surface area contributed by atoms with Crippen LogP contribution in [-0.2, 0) is 0 Å². The summed E-state index contributed by atoms with van der Waals surface area (Å²) in [6.07, 6.45) is 4.97. The summed E-state index contributed by atoms with van der Waals surface area (Å²) in [6.45, 7) is 2.64. The molecule has 1 saturated carbocycles. The van der Waals surface area contributed by atoms with Crippen LogP contribution < -0.4 is 5.32 Å². The molecule has 3 nitrogen and oxygen atoms in total. The molecule has 1 aromatic heterocycles. The maximum Gasteiger partial charge on any atom is 0.214 e. The molecule has 0 radical (unpaired) electrons. The molecule has 0 aliphatic heterocycles. The van der Waals surface area contributed by atoms with Gasteiger partial charge in [-0.05, 0) is 43.7 Å². The molecule has 1 aliphatic carbocycles. The molecule has 2 rings (SSSR count). The first-order valence-corrected chi connectivity index (χ1v) is 6.70. The second kappa shape index (κ2) is 5.65. The fourth-order valence-corrected chi connectivity index (χ4v) is 2.56. The minimum atomic E-state index is -0.667. The molecular formula is C14H21FN2O. The first-order valence-electron chi connectivity index (χ1n) is 6.70. The van der Waals surface area contributed by atoms with Crippen LogP contribution in [0.3, 0.4) is 0 Å². The van der Waals surface area contributed by atoms with Crippen LogP contribution in [0, 0.1) is 11.9 Å². The molecule has 0 amide bonds. The molecule has 4 heteroatoms. The largest absolute Gasteiger partial charge is 0.388 e. The molecule has 1 fully saturated rings. The van der Waals surface area contributed by atoms with Gasteiger partial charge < -0.3 is 10.4 Å². The van der Waals surface area contributed by atoms with E-state index < -0.39 is 11.5 Å². The van der Waals surface area contributed by atoms with Crippen molar-refractivity contribution < 1.29 is 9.50 Å². The molecule has 2 N–H and O–H groups in total. The van der Waals surface area contributed by atoms with Crippen molar-refractivity contribution in [1.82, 2.24) is 4.98 Å². The Kier molecular flexibility index (Phi) is 4.17. The quantitative estimate of drug-likeness (QED) is 0.810. The molecule has 1 aliphatic rings. The second-order valence-corrected chi connectivity index (χ2v) is 5.28. The Balaban J connectivity index is 1.86. The number of pyridine rings is 1. The Labute approximate surface area is 107 Å². The van der Waals surface area contributed by atoms with Crippen molar-refractivity contribution in [3.8, 4) is 0 Å². The first-order chi connectivity index (χ1) is 8.61. The topological polar surface area (TPSA) is 45.1 Å². The van der Waals surface area contributed by atoms with Crippen molar-refractivity contribution in [3.05, 3.63) is 24.1 Å². The van der Waals surface area contributed by atoms with E-state index in [1.54, 1.807) is 12.1 Å².